The Kier molecular flexibility index (Phi) is 5.02. The molecule has 0 spiro atoms. The summed E-state index contributed by atoms with van der Waals surface area (Å²) in [4.78, 5) is 0. The fourth-order valence-electron chi connectivity index (χ4n) is 8.56. The van der Waals surface area contributed by atoms with E-state index in [1.54, 1.807) is 0 Å². The first-order valence-electron chi connectivity index (χ1n) is 12.3. The molecule has 0 saturated heterocycles. The zero-order chi connectivity index (χ0) is 20.6. The van der Waals surface area contributed by atoms with Gasteiger partial charge in [0.1, 0.15) is 8.07 Å². The third kappa shape index (κ3) is 3.18. The molecule has 156 valence electrons. The first kappa shape index (κ1) is 21.1. The highest BCUT2D eigenvalue weighted by molar-refractivity contribution is 6.84. The number of hydrogen-bond acceptors (Lipinski definition) is 0. The lowest BCUT2D eigenvalue weighted by Gasteiger charge is -2.66. The van der Waals surface area contributed by atoms with Gasteiger partial charge in [0.2, 0.25) is 0 Å². The zero-order valence-corrected chi connectivity index (χ0v) is 21.2. The van der Waals surface area contributed by atoms with Gasteiger partial charge in [0.05, 0.1) is 0 Å². The van der Waals surface area contributed by atoms with Crippen molar-refractivity contribution in [3.05, 3.63) is 0 Å². The Morgan fingerprint density at radius 3 is 1.54 bits per heavy atom. The predicted molar refractivity (Wildman–Crippen MR) is 128 cm³/mol. The van der Waals surface area contributed by atoms with Crippen molar-refractivity contribution in [3.63, 3.8) is 0 Å². The molecule has 0 aromatic rings. The molecule has 0 aromatic carbocycles. The molecular weight excluding hydrogens is 351 g/mol. The van der Waals surface area contributed by atoms with Gasteiger partial charge in [0.25, 0.3) is 0 Å². The Bertz CT molecular complexity index is 633. The minimum absolute atomic E-state index is 0.604. The van der Waals surface area contributed by atoms with Crippen molar-refractivity contribution in [2.45, 2.75) is 105 Å². The van der Waals surface area contributed by atoms with Crippen LogP contribution >= 0.6 is 0 Å². The highest BCUT2D eigenvalue weighted by Gasteiger charge is 2.62. The molecule has 0 aromatic heterocycles. The Balaban J connectivity index is 1.58. The van der Waals surface area contributed by atoms with E-state index in [4.69, 9.17) is 0 Å². The van der Waals surface area contributed by atoms with Crippen LogP contribution in [0.5, 0.6) is 0 Å². The molecule has 0 nitrogen and oxygen atoms in total. The van der Waals surface area contributed by atoms with E-state index in [0.29, 0.717) is 10.8 Å². The Morgan fingerprint density at radius 1 is 0.786 bits per heavy atom. The van der Waals surface area contributed by atoms with Gasteiger partial charge in [-0.2, -0.15) is 0 Å². The summed E-state index contributed by atoms with van der Waals surface area (Å²) in [6, 6.07) is 0. The van der Waals surface area contributed by atoms with Gasteiger partial charge in [-0.25, -0.2) is 0 Å². The summed E-state index contributed by atoms with van der Waals surface area (Å²) >= 11 is 0. The van der Waals surface area contributed by atoms with Crippen LogP contribution in [0, 0.1) is 57.8 Å². The highest BCUT2D eigenvalue weighted by atomic mass is 28.3. The molecule has 0 N–H and O–H groups in total. The Labute approximate surface area is 177 Å². The molecule has 0 amide bonds. The van der Waals surface area contributed by atoms with Gasteiger partial charge >= 0.3 is 0 Å². The second-order valence-corrected chi connectivity index (χ2v) is 18.4. The summed E-state index contributed by atoms with van der Waals surface area (Å²) in [7, 11) is -1.27. The van der Waals surface area contributed by atoms with Gasteiger partial charge in [-0.15, -0.1) is 11.5 Å². The highest BCUT2D eigenvalue weighted by Crippen LogP contribution is 2.69. The van der Waals surface area contributed by atoms with Crippen LogP contribution in [0.4, 0.5) is 0 Å². The molecule has 28 heavy (non-hydrogen) atoms. The van der Waals surface area contributed by atoms with Crippen molar-refractivity contribution in [1.82, 2.24) is 0 Å². The quantitative estimate of drug-likeness (QED) is 0.342. The third-order valence-corrected chi connectivity index (χ3v) is 11.7. The van der Waals surface area contributed by atoms with E-state index in [9.17, 15) is 0 Å². The normalized spacial score (nSPS) is 45.2. The predicted octanol–water partition coefficient (Wildman–Crippen LogP) is 7.51. The van der Waals surface area contributed by atoms with E-state index in [0.717, 1.165) is 53.9 Å². The fourth-order valence-corrected chi connectivity index (χ4v) is 9.20. The van der Waals surface area contributed by atoms with E-state index in [1.165, 1.54) is 32.0 Å². The standard InChI is InChI=1S/C26H45BSi/c1-17-21-13-19(25(21,3)4)15-23(17)27(11-10-12-28(7,8)9)24-16-20-14-22(18(24)2)26(20,5)6/h17-24H,11,13-16H2,1-9H3. The molecule has 6 saturated carbocycles. The Morgan fingerprint density at radius 2 is 1.21 bits per heavy atom. The molecular formula is C26H45BSi. The van der Waals surface area contributed by atoms with Crippen molar-refractivity contribution < 1.29 is 0 Å². The summed E-state index contributed by atoms with van der Waals surface area (Å²) in [6.07, 6.45) is 7.19. The number of fused-ring (bicyclic) bond motifs is 4. The molecule has 0 radical (unpaired) electrons. The monoisotopic (exact) mass is 396 g/mol. The van der Waals surface area contributed by atoms with Crippen LogP contribution in [0.1, 0.15) is 67.2 Å². The van der Waals surface area contributed by atoms with Crippen LogP contribution in [0.25, 0.3) is 0 Å². The summed E-state index contributed by atoms with van der Waals surface area (Å²) < 4.78 is 0. The van der Waals surface area contributed by atoms with Crippen LogP contribution in [0.2, 0.25) is 37.6 Å². The van der Waals surface area contributed by atoms with Gasteiger partial charge in [-0.1, -0.05) is 85.7 Å². The summed E-state index contributed by atoms with van der Waals surface area (Å²) in [6.45, 7) is 23.5. The maximum absolute atomic E-state index is 3.77. The second kappa shape index (κ2) is 6.67. The smallest absolute Gasteiger partial charge is 0.133 e. The Hall–Kier alpha value is -0.158. The molecule has 8 unspecified atom stereocenters. The number of rotatable bonds is 3. The fraction of sp³-hybridized carbons (Fsp3) is 0.923. The average Bonchev–Trinajstić information content (AvgIpc) is 2.57. The lowest BCUT2D eigenvalue weighted by atomic mass is 9.20. The van der Waals surface area contributed by atoms with Crippen molar-refractivity contribution in [3.8, 4) is 11.5 Å². The van der Waals surface area contributed by atoms with Gasteiger partial charge in [-0.3, -0.25) is 0 Å². The minimum atomic E-state index is -1.27. The molecule has 6 aliphatic carbocycles. The molecule has 8 atom stereocenters. The lowest BCUT2D eigenvalue weighted by Crippen LogP contribution is -2.59. The van der Waals surface area contributed by atoms with E-state index in [2.05, 4.69) is 72.6 Å². The van der Waals surface area contributed by atoms with Crippen molar-refractivity contribution >= 4 is 14.8 Å². The second-order valence-electron chi connectivity index (χ2n) is 13.7. The maximum atomic E-state index is 3.77. The molecule has 6 fully saturated rings. The molecule has 6 aliphatic rings. The first-order valence-corrected chi connectivity index (χ1v) is 15.8. The summed E-state index contributed by atoms with van der Waals surface area (Å²) in [5.74, 6) is 11.3. The van der Waals surface area contributed by atoms with Crippen LogP contribution in [-0.4, -0.2) is 14.8 Å². The van der Waals surface area contributed by atoms with Gasteiger partial charge in [0.15, 0.2) is 6.71 Å². The van der Waals surface area contributed by atoms with Gasteiger partial charge < -0.3 is 0 Å². The third-order valence-electron chi connectivity index (χ3n) is 10.7. The van der Waals surface area contributed by atoms with E-state index >= 15 is 0 Å². The molecule has 2 heteroatoms. The first-order chi connectivity index (χ1) is 12.8. The molecule has 6 rings (SSSR count). The van der Waals surface area contributed by atoms with Crippen LogP contribution < -0.4 is 0 Å². The van der Waals surface area contributed by atoms with E-state index in [1.807, 2.05) is 0 Å². The summed E-state index contributed by atoms with van der Waals surface area (Å²) in [5.41, 5.74) is 4.93. The summed E-state index contributed by atoms with van der Waals surface area (Å²) in [5, 5.41) is 0. The average molecular weight is 397 g/mol. The van der Waals surface area contributed by atoms with Crippen molar-refractivity contribution in [2.75, 3.05) is 0 Å². The minimum Gasteiger partial charge on any atom is -0.133 e. The zero-order valence-electron chi connectivity index (χ0n) is 20.2. The van der Waals surface area contributed by atoms with Crippen LogP contribution in [-0.2, 0) is 0 Å². The van der Waals surface area contributed by atoms with Crippen LogP contribution in [0.15, 0.2) is 0 Å². The van der Waals surface area contributed by atoms with Crippen LogP contribution in [0.3, 0.4) is 0 Å². The molecule has 0 aliphatic heterocycles. The molecule has 0 heterocycles. The van der Waals surface area contributed by atoms with E-state index in [-0.39, 0.29) is 0 Å². The van der Waals surface area contributed by atoms with Gasteiger partial charge in [-0.05, 0) is 65.5 Å². The van der Waals surface area contributed by atoms with Gasteiger partial charge in [0, 0.05) is 0 Å². The largest absolute Gasteiger partial charge is 0.160 e. The number of hydrogen-bond donors (Lipinski definition) is 0. The van der Waals surface area contributed by atoms with Crippen molar-refractivity contribution in [1.29, 1.82) is 0 Å². The lowest BCUT2D eigenvalue weighted by molar-refractivity contribution is -0.107. The topological polar surface area (TPSA) is 0 Å². The maximum Gasteiger partial charge on any atom is 0.160 e. The van der Waals surface area contributed by atoms with E-state index < -0.39 is 8.07 Å². The van der Waals surface area contributed by atoms with Crippen molar-refractivity contribution in [2.24, 2.45) is 46.3 Å². The molecule has 4 bridgehead atoms. The SMILES string of the molecule is CC1C(B(CC#C[Si](C)(C)C)C2CC3CC(C2C)C3(C)C)CC2CC1C2(C)C.